The Morgan fingerprint density at radius 2 is 2.27 bits per heavy atom. The Hall–Kier alpha value is -0.930. The van der Waals surface area contributed by atoms with Gasteiger partial charge in [-0.2, -0.15) is 0 Å². The summed E-state index contributed by atoms with van der Waals surface area (Å²) in [6, 6.07) is 4.08. The van der Waals surface area contributed by atoms with E-state index < -0.39 is 11.9 Å². The van der Waals surface area contributed by atoms with Gasteiger partial charge in [0.1, 0.15) is 5.82 Å². The van der Waals surface area contributed by atoms with Gasteiger partial charge in [0.05, 0.1) is 11.1 Å². The zero-order valence-electron chi connectivity index (χ0n) is 8.47. The number of halogens is 2. The van der Waals surface area contributed by atoms with Crippen LogP contribution in [0.15, 0.2) is 18.2 Å². The minimum atomic E-state index is -0.532. The molecule has 0 bridgehead atoms. The summed E-state index contributed by atoms with van der Waals surface area (Å²) in [5, 5.41) is 0.0327. The Labute approximate surface area is 93.2 Å². The van der Waals surface area contributed by atoms with E-state index in [1.165, 1.54) is 6.07 Å². The summed E-state index contributed by atoms with van der Waals surface area (Å²) >= 11 is 5.59. The van der Waals surface area contributed by atoms with Crippen LogP contribution in [0.5, 0.6) is 0 Å². The minimum Gasteiger partial charge on any atom is -0.322 e. The molecule has 1 atom stereocenters. The molecule has 1 rings (SSSR count). The molecule has 1 aromatic carbocycles. The van der Waals surface area contributed by atoms with Gasteiger partial charge in [0, 0.05) is 6.42 Å². The summed E-state index contributed by atoms with van der Waals surface area (Å²) in [6.45, 7) is 1.82. The van der Waals surface area contributed by atoms with Crippen LogP contribution in [0.4, 0.5) is 4.39 Å². The molecule has 0 saturated carbocycles. The van der Waals surface area contributed by atoms with Crippen molar-refractivity contribution < 1.29 is 9.18 Å². The maximum atomic E-state index is 13.4. The monoisotopic (exact) mass is 229 g/mol. The number of rotatable bonds is 4. The molecular weight excluding hydrogens is 217 g/mol. The number of nitrogens with two attached hydrogens (primary N) is 1. The molecule has 0 aliphatic heterocycles. The minimum absolute atomic E-state index is 0.00139. The highest BCUT2D eigenvalue weighted by atomic mass is 35.5. The Morgan fingerprint density at radius 1 is 1.60 bits per heavy atom. The van der Waals surface area contributed by atoms with E-state index in [-0.39, 0.29) is 17.2 Å². The molecule has 2 nitrogen and oxygen atoms in total. The summed E-state index contributed by atoms with van der Waals surface area (Å²) in [5.74, 6) is -0.700. The summed E-state index contributed by atoms with van der Waals surface area (Å²) in [4.78, 5) is 11.5. The number of Topliss-reactive ketones (excluding diaryl/α,β-unsaturated/α-hetero) is 1. The van der Waals surface area contributed by atoms with Crippen molar-refractivity contribution in [2.24, 2.45) is 5.73 Å². The first-order valence-electron chi connectivity index (χ1n) is 4.77. The number of hydrogen-bond donors (Lipinski definition) is 1. The number of hydrogen-bond acceptors (Lipinski definition) is 2. The lowest BCUT2D eigenvalue weighted by atomic mass is 10.0. The SMILES string of the molecule is CCC(N)C(=O)Cc1cccc(Cl)c1F. The Balaban J connectivity index is 2.81. The van der Waals surface area contributed by atoms with Gasteiger partial charge in [0.15, 0.2) is 5.78 Å². The lowest BCUT2D eigenvalue weighted by Crippen LogP contribution is -2.31. The second-order valence-corrected chi connectivity index (χ2v) is 3.78. The first-order chi connectivity index (χ1) is 7.06. The van der Waals surface area contributed by atoms with Gasteiger partial charge in [-0.25, -0.2) is 4.39 Å². The van der Waals surface area contributed by atoms with Crippen molar-refractivity contribution in [3.8, 4) is 0 Å². The van der Waals surface area contributed by atoms with E-state index in [1.807, 2.05) is 6.92 Å². The molecule has 2 N–H and O–H groups in total. The van der Waals surface area contributed by atoms with Crippen molar-refractivity contribution in [1.82, 2.24) is 0 Å². The lowest BCUT2D eigenvalue weighted by Gasteiger charge is -2.08. The van der Waals surface area contributed by atoms with Gasteiger partial charge < -0.3 is 5.73 Å². The third-order valence-electron chi connectivity index (χ3n) is 2.25. The highest BCUT2D eigenvalue weighted by molar-refractivity contribution is 6.30. The summed E-state index contributed by atoms with van der Waals surface area (Å²) in [7, 11) is 0. The van der Waals surface area contributed by atoms with Crippen LogP contribution in [0.1, 0.15) is 18.9 Å². The largest absolute Gasteiger partial charge is 0.322 e. The zero-order chi connectivity index (χ0) is 11.4. The topological polar surface area (TPSA) is 43.1 Å². The average molecular weight is 230 g/mol. The number of ketones is 1. The van der Waals surface area contributed by atoms with E-state index >= 15 is 0 Å². The van der Waals surface area contributed by atoms with Gasteiger partial charge in [-0.3, -0.25) is 4.79 Å². The highest BCUT2D eigenvalue weighted by Crippen LogP contribution is 2.18. The van der Waals surface area contributed by atoms with Gasteiger partial charge in [0.2, 0.25) is 0 Å². The lowest BCUT2D eigenvalue weighted by molar-refractivity contribution is -0.119. The standard InChI is InChI=1S/C11H13ClFNO/c1-2-9(14)10(15)6-7-4-3-5-8(12)11(7)13/h3-5,9H,2,6,14H2,1H3. The molecule has 0 amide bonds. The molecule has 82 valence electrons. The fourth-order valence-electron chi connectivity index (χ4n) is 1.23. The molecule has 0 fully saturated rings. The van der Waals surface area contributed by atoms with E-state index in [0.717, 1.165) is 0 Å². The summed E-state index contributed by atoms with van der Waals surface area (Å²) < 4.78 is 13.4. The number of benzene rings is 1. The van der Waals surface area contributed by atoms with E-state index in [2.05, 4.69) is 0 Å². The fraction of sp³-hybridized carbons (Fsp3) is 0.364. The normalized spacial score (nSPS) is 12.5. The van der Waals surface area contributed by atoms with Crippen LogP contribution < -0.4 is 5.73 Å². The van der Waals surface area contributed by atoms with E-state index in [4.69, 9.17) is 17.3 Å². The van der Waals surface area contributed by atoms with Crippen LogP contribution >= 0.6 is 11.6 Å². The Morgan fingerprint density at radius 3 is 2.87 bits per heavy atom. The van der Waals surface area contributed by atoms with E-state index in [1.54, 1.807) is 12.1 Å². The van der Waals surface area contributed by atoms with Crippen LogP contribution in [0.2, 0.25) is 5.02 Å². The number of carbonyl (C=O) groups is 1. The molecule has 15 heavy (non-hydrogen) atoms. The highest BCUT2D eigenvalue weighted by Gasteiger charge is 2.15. The van der Waals surface area contributed by atoms with Crippen LogP contribution in [0, 0.1) is 5.82 Å². The predicted molar refractivity (Wildman–Crippen MR) is 58.4 cm³/mol. The van der Waals surface area contributed by atoms with Crippen molar-refractivity contribution in [3.05, 3.63) is 34.6 Å². The van der Waals surface area contributed by atoms with Gasteiger partial charge in [-0.05, 0) is 18.1 Å². The van der Waals surface area contributed by atoms with Crippen molar-refractivity contribution >= 4 is 17.4 Å². The quantitative estimate of drug-likeness (QED) is 0.861. The van der Waals surface area contributed by atoms with Gasteiger partial charge in [-0.1, -0.05) is 30.7 Å². The van der Waals surface area contributed by atoms with Crippen molar-refractivity contribution in [2.45, 2.75) is 25.8 Å². The molecule has 0 heterocycles. The molecule has 4 heteroatoms. The van der Waals surface area contributed by atoms with Crippen molar-refractivity contribution in [3.63, 3.8) is 0 Å². The first-order valence-corrected chi connectivity index (χ1v) is 5.15. The van der Waals surface area contributed by atoms with Gasteiger partial charge >= 0.3 is 0 Å². The third kappa shape index (κ3) is 3.01. The molecule has 1 aromatic rings. The number of carbonyl (C=O) groups excluding carboxylic acids is 1. The average Bonchev–Trinajstić information content (AvgIpc) is 2.23. The molecule has 0 aliphatic rings. The predicted octanol–water partition coefficient (Wildman–Crippen LogP) is 2.33. The van der Waals surface area contributed by atoms with Crippen LogP contribution in [-0.4, -0.2) is 11.8 Å². The Kier molecular flexibility index (Phi) is 4.24. The molecule has 1 unspecified atom stereocenters. The van der Waals surface area contributed by atoms with Gasteiger partial charge in [0.25, 0.3) is 0 Å². The summed E-state index contributed by atoms with van der Waals surface area (Å²) in [6.07, 6.45) is 0.558. The maximum absolute atomic E-state index is 13.4. The van der Waals surface area contributed by atoms with Crippen molar-refractivity contribution in [1.29, 1.82) is 0 Å². The maximum Gasteiger partial charge on any atom is 0.153 e. The van der Waals surface area contributed by atoms with Crippen LogP contribution in [-0.2, 0) is 11.2 Å². The molecule has 0 spiro atoms. The molecule has 0 aliphatic carbocycles. The van der Waals surface area contributed by atoms with Gasteiger partial charge in [-0.15, -0.1) is 0 Å². The summed E-state index contributed by atoms with van der Waals surface area (Å²) in [5.41, 5.74) is 5.85. The fourth-order valence-corrected chi connectivity index (χ4v) is 1.43. The smallest absolute Gasteiger partial charge is 0.153 e. The molecular formula is C11H13ClFNO. The van der Waals surface area contributed by atoms with E-state index in [9.17, 15) is 9.18 Å². The molecule has 0 radical (unpaired) electrons. The molecule has 0 aromatic heterocycles. The second kappa shape index (κ2) is 5.24. The Bertz CT molecular complexity index is 368. The zero-order valence-corrected chi connectivity index (χ0v) is 9.22. The van der Waals surface area contributed by atoms with Crippen LogP contribution in [0.25, 0.3) is 0 Å². The van der Waals surface area contributed by atoms with Crippen LogP contribution in [0.3, 0.4) is 0 Å². The third-order valence-corrected chi connectivity index (χ3v) is 2.54. The second-order valence-electron chi connectivity index (χ2n) is 3.37. The molecule has 0 saturated heterocycles. The first kappa shape index (κ1) is 12.1. The van der Waals surface area contributed by atoms with E-state index in [0.29, 0.717) is 12.0 Å². The van der Waals surface area contributed by atoms with Crippen molar-refractivity contribution in [2.75, 3.05) is 0 Å².